The molecule has 122 valence electrons. The number of hydrogen-bond acceptors (Lipinski definition) is 4. The van der Waals surface area contributed by atoms with Gasteiger partial charge in [-0.25, -0.2) is 4.79 Å². The van der Waals surface area contributed by atoms with Gasteiger partial charge in [0.1, 0.15) is 0 Å². The summed E-state index contributed by atoms with van der Waals surface area (Å²) in [5.41, 5.74) is 1.09. The number of aliphatic hydroxyl groups is 1. The van der Waals surface area contributed by atoms with E-state index in [1.807, 2.05) is 56.1 Å². The van der Waals surface area contributed by atoms with E-state index in [2.05, 4.69) is 0 Å². The molecule has 0 aliphatic heterocycles. The highest BCUT2D eigenvalue weighted by Crippen LogP contribution is 2.16. The summed E-state index contributed by atoms with van der Waals surface area (Å²) in [6.45, 7) is 4.64. The fourth-order valence-corrected chi connectivity index (χ4v) is 2.40. The number of carbonyl (C=O) groups is 2. The summed E-state index contributed by atoms with van der Waals surface area (Å²) >= 11 is 0. The molecule has 1 aromatic rings. The zero-order chi connectivity index (χ0) is 16.7. The lowest BCUT2D eigenvalue weighted by Gasteiger charge is -2.28. The van der Waals surface area contributed by atoms with Gasteiger partial charge in [-0.1, -0.05) is 44.2 Å². The van der Waals surface area contributed by atoms with Crippen molar-refractivity contribution in [3.05, 3.63) is 35.9 Å². The molecule has 2 N–H and O–H groups in total. The normalized spacial score (nSPS) is 14.1. The second-order valence-corrected chi connectivity index (χ2v) is 6.07. The van der Waals surface area contributed by atoms with Gasteiger partial charge in [-0.3, -0.25) is 9.69 Å². The van der Waals surface area contributed by atoms with Crippen LogP contribution in [0.5, 0.6) is 0 Å². The van der Waals surface area contributed by atoms with E-state index in [1.165, 1.54) is 0 Å². The Morgan fingerprint density at radius 2 is 1.77 bits per heavy atom. The molecule has 0 saturated carbocycles. The molecule has 0 saturated heterocycles. The van der Waals surface area contributed by atoms with E-state index in [9.17, 15) is 14.7 Å². The zero-order valence-electron chi connectivity index (χ0n) is 13.4. The Balaban J connectivity index is 2.78. The molecule has 5 heteroatoms. The highest BCUT2D eigenvalue weighted by molar-refractivity contribution is 5.88. The minimum Gasteiger partial charge on any atom is -0.479 e. The standard InChI is InChI=1S/C17H25NO4/c1-12(2)9-14(15(19)10-16(20)17(21)22)18(3)11-13-7-5-4-6-8-13/h4-8,12,14,16,20H,9-11H2,1-3H3,(H,21,22)/t14-,16?/m0/s1. The van der Waals surface area contributed by atoms with E-state index in [1.54, 1.807) is 0 Å². The lowest BCUT2D eigenvalue weighted by molar-refractivity contribution is -0.149. The van der Waals surface area contributed by atoms with Crippen molar-refractivity contribution in [1.82, 2.24) is 4.90 Å². The van der Waals surface area contributed by atoms with Gasteiger partial charge in [0, 0.05) is 13.0 Å². The molecule has 0 spiro atoms. The summed E-state index contributed by atoms with van der Waals surface area (Å²) in [5.74, 6) is -1.29. The number of carboxylic acids is 1. The number of ketones is 1. The van der Waals surface area contributed by atoms with Crippen molar-refractivity contribution in [2.75, 3.05) is 7.05 Å². The minimum atomic E-state index is -1.63. The number of aliphatic hydroxyl groups excluding tert-OH is 1. The summed E-state index contributed by atoms with van der Waals surface area (Å²) in [4.78, 5) is 25.0. The summed E-state index contributed by atoms with van der Waals surface area (Å²) in [5, 5.41) is 18.2. The van der Waals surface area contributed by atoms with E-state index in [-0.39, 0.29) is 12.2 Å². The predicted octanol–water partition coefficient (Wildman–Crippen LogP) is 1.94. The lowest BCUT2D eigenvalue weighted by atomic mass is 9.95. The zero-order valence-corrected chi connectivity index (χ0v) is 13.4. The number of carboxylic acid groups (broad SMARTS) is 1. The summed E-state index contributed by atoms with van der Waals surface area (Å²) in [7, 11) is 1.85. The highest BCUT2D eigenvalue weighted by atomic mass is 16.4. The summed E-state index contributed by atoms with van der Waals surface area (Å²) < 4.78 is 0. The van der Waals surface area contributed by atoms with Crippen LogP contribution in [-0.4, -0.2) is 46.1 Å². The third-order valence-electron chi connectivity index (χ3n) is 3.55. The third kappa shape index (κ3) is 5.95. The molecule has 0 bridgehead atoms. The molecule has 0 aliphatic rings. The van der Waals surface area contributed by atoms with Gasteiger partial charge in [0.25, 0.3) is 0 Å². The number of nitrogens with zero attached hydrogens (tertiary/aromatic N) is 1. The van der Waals surface area contributed by atoms with Crippen LogP contribution in [0, 0.1) is 5.92 Å². The van der Waals surface area contributed by atoms with Crippen LogP contribution in [0.1, 0.15) is 32.3 Å². The molecule has 1 rings (SSSR count). The monoisotopic (exact) mass is 307 g/mol. The van der Waals surface area contributed by atoms with E-state index < -0.39 is 18.1 Å². The predicted molar refractivity (Wildman–Crippen MR) is 84.4 cm³/mol. The van der Waals surface area contributed by atoms with Crippen molar-refractivity contribution in [1.29, 1.82) is 0 Å². The fraction of sp³-hybridized carbons (Fsp3) is 0.529. The van der Waals surface area contributed by atoms with Crippen LogP contribution < -0.4 is 0 Å². The first-order chi connectivity index (χ1) is 10.3. The average Bonchev–Trinajstić information content (AvgIpc) is 2.45. The lowest BCUT2D eigenvalue weighted by Crippen LogP contribution is -2.41. The fourth-order valence-electron chi connectivity index (χ4n) is 2.40. The molecule has 22 heavy (non-hydrogen) atoms. The Morgan fingerprint density at radius 1 is 1.18 bits per heavy atom. The van der Waals surface area contributed by atoms with Crippen LogP contribution in [-0.2, 0) is 16.1 Å². The van der Waals surface area contributed by atoms with Gasteiger partial charge in [0.2, 0.25) is 0 Å². The van der Waals surface area contributed by atoms with Crippen LogP contribution in [0.4, 0.5) is 0 Å². The van der Waals surface area contributed by atoms with E-state index in [0.29, 0.717) is 18.9 Å². The van der Waals surface area contributed by atoms with Gasteiger partial charge in [0.05, 0.1) is 6.04 Å². The Hall–Kier alpha value is -1.72. The summed E-state index contributed by atoms with van der Waals surface area (Å²) in [6, 6.07) is 9.39. The maximum atomic E-state index is 12.4. The van der Waals surface area contributed by atoms with Gasteiger partial charge in [-0.2, -0.15) is 0 Å². The molecule has 1 unspecified atom stereocenters. The minimum absolute atomic E-state index is 0.234. The smallest absolute Gasteiger partial charge is 0.332 e. The number of carbonyl (C=O) groups excluding carboxylic acids is 1. The molecule has 0 radical (unpaired) electrons. The maximum absolute atomic E-state index is 12.4. The first kappa shape index (κ1) is 18.3. The first-order valence-electron chi connectivity index (χ1n) is 7.49. The van der Waals surface area contributed by atoms with Crippen LogP contribution in [0.2, 0.25) is 0 Å². The van der Waals surface area contributed by atoms with E-state index in [4.69, 9.17) is 5.11 Å². The SMILES string of the molecule is CC(C)C[C@@H](C(=O)CC(O)C(=O)O)N(C)Cc1ccccc1. The molecule has 5 nitrogen and oxygen atoms in total. The van der Waals surface area contributed by atoms with Crippen LogP contribution in [0.3, 0.4) is 0 Å². The Bertz CT molecular complexity index is 487. The molecule has 2 atom stereocenters. The van der Waals surface area contributed by atoms with Gasteiger partial charge < -0.3 is 10.2 Å². The molecule has 1 aromatic carbocycles. The number of benzene rings is 1. The molecule has 0 amide bonds. The topological polar surface area (TPSA) is 77.8 Å². The van der Waals surface area contributed by atoms with Crippen molar-refractivity contribution in [2.45, 2.75) is 45.4 Å². The largest absolute Gasteiger partial charge is 0.479 e. The van der Waals surface area contributed by atoms with Crippen LogP contribution in [0.15, 0.2) is 30.3 Å². The van der Waals surface area contributed by atoms with Gasteiger partial charge in [-0.05, 0) is 24.9 Å². The Morgan fingerprint density at radius 3 is 2.27 bits per heavy atom. The quantitative estimate of drug-likeness (QED) is 0.729. The molecule has 0 fully saturated rings. The van der Waals surface area contributed by atoms with Crippen molar-refractivity contribution in [3.63, 3.8) is 0 Å². The molecule has 0 heterocycles. The summed E-state index contributed by atoms with van der Waals surface area (Å²) in [6.07, 6.45) is -1.35. The highest BCUT2D eigenvalue weighted by Gasteiger charge is 2.28. The number of rotatable bonds is 9. The van der Waals surface area contributed by atoms with Crippen LogP contribution in [0.25, 0.3) is 0 Å². The average molecular weight is 307 g/mol. The molecule has 0 aliphatic carbocycles. The maximum Gasteiger partial charge on any atom is 0.332 e. The number of Topliss-reactive ketones (excluding diaryl/α,β-unsaturated/α-hetero) is 1. The molecular formula is C17H25NO4. The number of aliphatic carboxylic acids is 1. The van der Waals surface area contributed by atoms with Gasteiger partial charge >= 0.3 is 5.97 Å². The van der Waals surface area contributed by atoms with E-state index >= 15 is 0 Å². The molecule has 0 aromatic heterocycles. The van der Waals surface area contributed by atoms with E-state index in [0.717, 1.165) is 5.56 Å². The first-order valence-corrected chi connectivity index (χ1v) is 7.49. The van der Waals surface area contributed by atoms with Crippen molar-refractivity contribution >= 4 is 11.8 Å². The Kier molecular flexibility index (Phi) is 7.21. The van der Waals surface area contributed by atoms with Crippen molar-refractivity contribution in [3.8, 4) is 0 Å². The second-order valence-electron chi connectivity index (χ2n) is 6.07. The Labute approximate surface area is 131 Å². The van der Waals surface area contributed by atoms with Crippen LogP contribution >= 0.6 is 0 Å². The number of hydrogen-bond donors (Lipinski definition) is 2. The number of likely N-dealkylation sites (N-methyl/N-ethyl adjacent to an activating group) is 1. The third-order valence-corrected chi connectivity index (χ3v) is 3.55. The molecular weight excluding hydrogens is 282 g/mol. The second kappa shape index (κ2) is 8.66. The van der Waals surface area contributed by atoms with Crippen molar-refractivity contribution < 1.29 is 19.8 Å². The van der Waals surface area contributed by atoms with Gasteiger partial charge in [-0.15, -0.1) is 0 Å². The van der Waals surface area contributed by atoms with Crippen molar-refractivity contribution in [2.24, 2.45) is 5.92 Å². The van der Waals surface area contributed by atoms with Gasteiger partial charge in [0.15, 0.2) is 11.9 Å².